The highest BCUT2D eigenvalue weighted by Gasteiger charge is 2.20. The molecule has 0 atom stereocenters. The molecule has 0 amide bonds. The Labute approximate surface area is 119 Å². The minimum Gasteiger partial charge on any atom is -0.324 e. The zero-order valence-corrected chi connectivity index (χ0v) is 11.4. The number of para-hydroxylation sites is 1. The van der Waals surface area contributed by atoms with Crippen LogP contribution in [0.3, 0.4) is 0 Å². The fourth-order valence-electron chi connectivity index (χ4n) is 2.03. The second-order valence-electron chi connectivity index (χ2n) is 4.18. The molecule has 0 bridgehead atoms. The fraction of sp³-hybridized carbons (Fsp3) is 0.0714. The third-order valence-corrected chi connectivity index (χ3v) is 3.85. The molecule has 102 valence electrons. The monoisotopic (exact) mass is 291 g/mol. The van der Waals surface area contributed by atoms with E-state index in [1.165, 1.54) is 18.0 Å². The Morgan fingerprint density at radius 1 is 1.05 bits per heavy atom. The summed E-state index contributed by atoms with van der Waals surface area (Å²) in [6, 6.07) is 9.62. The number of aliphatic imine (C=N–C) groups is 1. The number of rotatable bonds is 1. The number of benzene rings is 2. The minimum atomic E-state index is -0.855. The van der Waals surface area contributed by atoms with Gasteiger partial charge >= 0.3 is 0 Å². The maximum absolute atomic E-state index is 14.0. The Hall–Kier alpha value is -2.08. The van der Waals surface area contributed by atoms with E-state index in [0.717, 1.165) is 16.6 Å². The molecule has 1 heterocycles. The van der Waals surface area contributed by atoms with E-state index in [4.69, 9.17) is 0 Å². The normalized spacial score (nSPS) is 15.4. The third kappa shape index (κ3) is 2.12. The smallest absolute Gasteiger partial charge is 0.206 e. The first-order valence-electron chi connectivity index (χ1n) is 5.95. The Bertz CT molecular complexity index is 701. The quantitative estimate of drug-likeness (QED) is 0.788. The first-order chi connectivity index (χ1) is 9.70. The van der Waals surface area contributed by atoms with Gasteiger partial charge in [0, 0.05) is 18.2 Å². The molecule has 2 aromatic rings. The van der Waals surface area contributed by atoms with Gasteiger partial charge in [-0.1, -0.05) is 24.3 Å². The van der Waals surface area contributed by atoms with Crippen molar-refractivity contribution in [3.63, 3.8) is 0 Å². The van der Waals surface area contributed by atoms with Crippen molar-refractivity contribution in [2.45, 2.75) is 4.90 Å². The van der Waals surface area contributed by atoms with Gasteiger partial charge < -0.3 is 5.32 Å². The van der Waals surface area contributed by atoms with Crippen LogP contribution in [-0.4, -0.2) is 13.0 Å². The zero-order chi connectivity index (χ0) is 14.1. The Morgan fingerprint density at radius 3 is 2.60 bits per heavy atom. The highest BCUT2D eigenvalue weighted by Crippen LogP contribution is 2.38. The molecule has 6 heteroatoms. The molecule has 0 saturated carbocycles. The van der Waals surface area contributed by atoms with Gasteiger partial charge in [-0.25, -0.2) is 8.78 Å². The number of anilines is 1. The second-order valence-corrected chi connectivity index (χ2v) is 5.03. The summed E-state index contributed by atoms with van der Waals surface area (Å²) in [5, 5.41) is 3.09. The molecule has 2 N–H and O–H groups in total. The van der Waals surface area contributed by atoms with Crippen molar-refractivity contribution in [1.29, 1.82) is 0 Å². The molecular formula is C14H11F2N3S. The van der Waals surface area contributed by atoms with Crippen molar-refractivity contribution in [1.82, 2.24) is 4.72 Å². The maximum atomic E-state index is 14.0. The maximum Gasteiger partial charge on any atom is 0.206 e. The van der Waals surface area contributed by atoms with Gasteiger partial charge in [0.05, 0.1) is 10.6 Å². The van der Waals surface area contributed by atoms with Gasteiger partial charge in [-0.15, -0.1) is 0 Å². The van der Waals surface area contributed by atoms with Crippen LogP contribution in [0.2, 0.25) is 0 Å². The lowest BCUT2D eigenvalue weighted by molar-refractivity contribution is 0.511. The molecule has 0 fully saturated rings. The number of hydrogen-bond donors (Lipinski definition) is 2. The van der Waals surface area contributed by atoms with Crippen LogP contribution in [0.4, 0.5) is 14.5 Å². The summed E-state index contributed by atoms with van der Waals surface area (Å²) in [4.78, 5) is 4.93. The molecule has 2 aromatic carbocycles. The summed E-state index contributed by atoms with van der Waals surface area (Å²) in [5.41, 5.74) is 1.56. The molecule has 20 heavy (non-hydrogen) atoms. The van der Waals surface area contributed by atoms with Crippen LogP contribution < -0.4 is 10.0 Å². The van der Waals surface area contributed by atoms with Crippen LogP contribution in [0.5, 0.6) is 0 Å². The van der Waals surface area contributed by atoms with Gasteiger partial charge in [0.2, 0.25) is 5.96 Å². The van der Waals surface area contributed by atoms with Crippen LogP contribution in [0.15, 0.2) is 46.3 Å². The van der Waals surface area contributed by atoms with Crippen LogP contribution >= 0.6 is 11.9 Å². The van der Waals surface area contributed by atoms with E-state index in [-0.39, 0.29) is 5.56 Å². The topological polar surface area (TPSA) is 36.4 Å². The summed E-state index contributed by atoms with van der Waals surface area (Å²) in [5.74, 6) is -1.13. The Balaban J connectivity index is 2.18. The van der Waals surface area contributed by atoms with Gasteiger partial charge in [-0.05, 0) is 24.1 Å². The number of guanidine groups is 1. The first kappa shape index (κ1) is 12.9. The van der Waals surface area contributed by atoms with Gasteiger partial charge in [-0.3, -0.25) is 9.71 Å². The molecule has 0 unspecified atom stereocenters. The highest BCUT2D eigenvalue weighted by atomic mass is 32.2. The SMILES string of the molecule is CN=C1NSc2cccc(-c3cccc(F)c3F)c2N1. The molecule has 1 aliphatic heterocycles. The average molecular weight is 291 g/mol. The summed E-state index contributed by atoms with van der Waals surface area (Å²) in [6.45, 7) is 0. The highest BCUT2D eigenvalue weighted by molar-refractivity contribution is 7.98. The van der Waals surface area contributed by atoms with E-state index in [0.29, 0.717) is 11.5 Å². The van der Waals surface area contributed by atoms with Gasteiger partial charge in [0.15, 0.2) is 11.6 Å². The molecule has 0 spiro atoms. The summed E-state index contributed by atoms with van der Waals surface area (Å²) in [6.07, 6.45) is 0. The number of fused-ring (bicyclic) bond motifs is 1. The zero-order valence-electron chi connectivity index (χ0n) is 10.6. The minimum absolute atomic E-state index is 0.229. The van der Waals surface area contributed by atoms with Crippen LogP contribution in [0.25, 0.3) is 11.1 Å². The molecule has 0 aromatic heterocycles. The van der Waals surface area contributed by atoms with E-state index in [9.17, 15) is 8.78 Å². The lowest BCUT2D eigenvalue weighted by atomic mass is 10.0. The average Bonchev–Trinajstić information content (AvgIpc) is 2.49. The summed E-state index contributed by atoms with van der Waals surface area (Å²) in [7, 11) is 1.65. The third-order valence-electron chi connectivity index (χ3n) is 2.99. The predicted octanol–water partition coefficient (Wildman–Crippen LogP) is 3.64. The largest absolute Gasteiger partial charge is 0.324 e. The van der Waals surface area contributed by atoms with E-state index in [1.807, 2.05) is 12.1 Å². The molecular weight excluding hydrogens is 280 g/mol. The summed E-state index contributed by atoms with van der Waals surface area (Å²) >= 11 is 1.38. The number of nitrogens with zero attached hydrogens (tertiary/aromatic N) is 1. The lowest BCUT2D eigenvalue weighted by Gasteiger charge is -2.23. The van der Waals surface area contributed by atoms with Gasteiger partial charge in [0.1, 0.15) is 0 Å². The van der Waals surface area contributed by atoms with Crippen molar-refractivity contribution >= 4 is 23.6 Å². The fourth-order valence-corrected chi connectivity index (χ4v) is 2.79. The van der Waals surface area contributed by atoms with Crippen molar-refractivity contribution in [2.24, 2.45) is 4.99 Å². The lowest BCUT2D eigenvalue weighted by Crippen LogP contribution is -2.29. The molecule has 1 aliphatic rings. The van der Waals surface area contributed by atoms with E-state index < -0.39 is 11.6 Å². The predicted molar refractivity (Wildman–Crippen MR) is 77.8 cm³/mol. The first-order valence-corrected chi connectivity index (χ1v) is 6.76. The molecule has 3 rings (SSSR count). The van der Waals surface area contributed by atoms with Crippen LogP contribution in [0, 0.1) is 11.6 Å². The van der Waals surface area contributed by atoms with Crippen molar-refractivity contribution in [3.8, 4) is 11.1 Å². The van der Waals surface area contributed by atoms with Gasteiger partial charge in [0.25, 0.3) is 0 Å². The molecule has 0 saturated heterocycles. The van der Waals surface area contributed by atoms with E-state index >= 15 is 0 Å². The van der Waals surface area contributed by atoms with E-state index in [1.54, 1.807) is 19.2 Å². The van der Waals surface area contributed by atoms with Crippen LogP contribution in [0.1, 0.15) is 0 Å². The summed E-state index contributed by atoms with van der Waals surface area (Å²) < 4.78 is 30.4. The Kier molecular flexibility index (Phi) is 3.31. The number of nitrogens with one attached hydrogen (secondary N) is 2. The standard InChI is InChI=1S/C14H11F2N3S/c1-17-14-18-13-9(5-3-7-11(13)20-19-14)8-4-2-6-10(15)12(8)16/h2-7H,1H3,(H2,17,18,19). The molecule has 3 nitrogen and oxygen atoms in total. The molecule has 0 radical (unpaired) electrons. The second kappa shape index (κ2) is 5.13. The number of halogens is 2. The molecule has 0 aliphatic carbocycles. The van der Waals surface area contributed by atoms with Crippen molar-refractivity contribution in [2.75, 3.05) is 12.4 Å². The van der Waals surface area contributed by atoms with Crippen molar-refractivity contribution < 1.29 is 8.78 Å². The van der Waals surface area contributed by atoms with Crippen molar-refractivity contribution in [3.05, 3.63) is 48.0 Å². The Morgan fingerprint density at radius 2 is 1.80 bits per heavy atom. The van der Waals surface area contributed by atoms with Gasteiger partial charge in [-0.2, -0.15) is 0 Å². The number of hydrogen-bond acceptors (Lipinski definition) is 2. The van der Waals surface area contributed by atoms with E-state index in [2.05, 4.69) is 15.0 Å². The van der Waals surface area contributed by atoms with Crippen LogP contribution in [-0.2, 0) is 0 Å².